The van der Waals surface area contributed by atoms with Crippen LogP contribution in [-0.2, 0) is 9.59 Å². The number of likely N-dealkylation sites (tertiary alicyclic amines) is 1. The molecule has 0 spiro atoms. The molecule has 0 unspecified atom stereocenters. The van der Waals surface area contributed by atoms with Crippen molar-refractivity contribution < 1.29 is 14.7 Å². The normalized spacial score (nSPS) is 37.9. The molecule has 1 heterocycles. The number of allylic oxidation sites excluding steroid dienone is 1. The smallest absolute Gasteiger partial charge is 0.236 e. The van der Waals surface area contributed by atoms with E-state index in [1.807, 2.05) is 19.9 Å². The van der Waals surface area contributed by atoms with E-state index >= 15 is 0 Å². The summed E-state index contributed by atoms with van der Waals surface area (Å²) in [6, 6.07) is 0. The van der Waals surface area contributed by atoms with Crippen LogP contribution in [0.25, 0.3) is 0 Å². The highest BCUT2D eigenvalue weighted by molar-refractivity contribution is 6.06. The van der Waals surface area contributed by atoms with Crippen LogP contribution in [0.1, 0.15) is 20.8 Å². The molecule has 1 N–H and O–H groups in total. The molecule has 2 aliphatic rings. The van der Waals surface area contributed by atoms with E-state index in [0.29, 0.717) is 0 Å². The Hall–Kier alpha value is -1.42. The predicted molar refractivity (Wildman–Crippen MR) is 67.4 cm³/mol. The number of rotatable bonds is 2. The van der Waals surface area contributed by atoms with Crippen LogP contribution < -0.4 is 0 Å². The minimum atomic E-state index is -1.26. The molecular weight excluding hydrogens is 230 g/mol. The molecule has 1 aliphatic carbocycles. The van der Waals surface area contributed by atoms with Gasteiger partial charge in [0.05, 0.1) is 17.4 Å². The number of carbonyl (C=O) groups excluding carboxylic acids is 2. The number of hydrogen-bond acceptors (Lipinski definition) is 3. The van der Waals surface area contributed by atoms with E-state index in [-0.39, 0.29) is 18.4 Å². The zero-order valence-electron chi connectivity index (χ0n) is 11.0. The number of amides is 2. The van der Waals surface area contributed by atoms with Gasteiger partial charge in [-0.1, -0.05) is 32.1 Å². The monoisotopic (exact) mass is 249 g/mol. The number of nitrogens with zero attached hydrogens (tertiary/aromatic N) is 1. The first-order valence-corrected chi connectivity index (χ1v) is 6.11. The third-order valence-corrected chi connectivity index (χ3v) is 3.99. The highest BCUT2D eigenvalue weighted by atomic mass is 16.3. The zero-order chi connectivity index (χ0) is 13.7. The number of imide groups is 1. The lowest BCUT2D eigenvalue weighted by atomic mass is 9.63. The maximum Gasteiger partial charge on any atom is 0.236 e. The fourth-order valence-corrected chi connectivity index (χ4v) is 2.96. The van der Waals surface area contributed by atoms with Gasteiger partial charge >= 0.3 is 0 Å². The highest BCUT2D eigenvalue weighted by Gasteiger charge is 2.60. The molecule has 2 rings (SSSR count). The van der Waals surface area contributed by atoms with Crippen LogP contribution >= 0.6 is 0 Å². The van der Waals surface area contributed by atoms with Gasteiger partial charge in [-0.2, -0.15) is 0 Å². The van der Waals surface area contributed by atoms with Crippen molar-refractivity contribution in [1.29, 1.82) is 0 Å². The molecule has 0 aromatic rings. The van der Waals surface area contributed by atoms with Gasteiger partial charge < -0.3 is 5.11 Å². The SMILES string of the molecule is C=CCN1C(=O)[C@@H]2[C@H](C1=O)C(C)(C)C=C[C@@]2(C)O. The molecule has 1 fully saturated rings. The lowest BCUT2D eigenvalue weighted by Gasteiger charge is -2.40. The molecular formula is C14H19NO3. The molecule has 4 nitrogen and oxygen atoms in total. The average Bonchev–Trinajstić information content (AvgIpc) is 2.52. The fourth-order valence-electron chi connectivity index (χ4n) is 2.96. The largest absolute Gasteiger partial charge is 0.385 e. The molecule has 98 valence electrons. The molecule has 2 amide bonds. The van der Waals surface area contributed by atoms with Crippen molar-refractivity contribution in [3.63, 3.8) is 0 Å². The van der Waals surface area contributed by atoms with Gasteiger partial charge in [0.15, 0.2) is 0 Å². The first-order chi connectivity index (χ1) is 8.22. The van der Waals surface area contributed by atoms with Gasteiger partial charge in [-0.3, -0.25) is 14.5 Å². The van der Waals surface area contributed by atoms with Crippen LogP contribution in [0, 0.1) is 17.3 Å². The number of aliphatic hydroxyl groups is 1. The van der Waals surface area contributed by atoms with Crippen molar-refractivity contribution in [3.8, 4) is 0 Å². The predicted octanol–water partition coefficient (Wildman–Crippen LogP) is 1.12. The summed E-state index contributed by atoms with van der Waals surface area (Å²) in [6.45, 7) is 9.18. The zero-order valence-corrected chi connectivity index (χ0v) is 11.0. The molecule has 4 heteroatoms. The standard InChI is InChI=1S/C14H19NO3/c1-5-8-15-11(16)9-10(12(15)17)14(4,18)7-6-13(9,2)3/h5-7,9-10,18H,1,8H2,2-4H3/t9-,10+,14-/m1/s1. The van der Waals surface area contributed by atoms with Gasteiger partial charge in [0.2, 0.25) is 11.8 Å². The van der Waals surface area contributed by atoms with Crippen LogP contribution in [0.15, 0.2) is 24.8 Å². The summed E-state index contributed by atoms with van der Waals surface area (Å²) < 4.78 is 0. The van der Waals surface area contributed by atoms with Crippen molar-refractivity contribution in [2.45, 2.75) is 26.4 Å². The van der Waals surface area contributed by atoms with E-state index in [1.165, 1.54) is 11.0 Å². The van der Waals surface area contributed by atoms with Crippen LogP contribution in [-0.4, -0.2) is 34.0 Å². The molecule has 18 heavy (non-hydrogen) atoms. The number of carbonyl (C=O) groups is 2. The second-order valence-electron chi connectivity index (χ2n) is 5.91. The van der Waals surface area contributed by atoms with Crippen LogP contribution in [0.4, 0.5) is 0 Å². The fraction of sp³-hybridized carbons (Fsp3) is 0.571. The number of fused-ring (bicyclic) bond motifs is 1. The first kappa shape index (κ1) is 13.0. The average molecular weight is 249 g/mol. The van der Waals surface area contributed by atoms with Crippen molar-refractivity contribution in [3.05, 3.63) is 24.8 Å². The molecule has 0 saturated carbocycles. The Labute approximate surface area is 107 Å². The van der Waals surface area contributed by atoms with E-state index in [1.54, 1.807) is 13.0 Å². The third kappa shape index (κ3) is 1.63. The summed E-state index contributed by atoms with van der Waals surface area (Å²) in [4.78, 5) is 25.9. The quantitative estimate of drug-likeness (QED) is 0.589. The summed E-state index contributed by atoms with van der Waals surface area (Å²) in [6.07, 6.45) is 5.00. The Balaban J connectivity index is 2.51. The molecule has 0 radical (unpaired) electrons. The maximum atomic E-state index is 12.4. The van der Waals surface area contributed by atoms with Gasteiger partial charge in [-0.15, -0.1) is 6.58 Å². The maximum absolute atomic E-state index is 12.4. The van der Waals surface area contributed by atoms with Gasteiger partial charge in [-0.25, -0.2) is 0 Å². The Bertz CT molecular complexity index is 412. The summed E-state index contributed by atoms with van der Waals surface area (Å²) in [5.41, 5.74) is -1.68. The van der Waals surface area contributed by atoms with Crippen LogP contribution in [0.3, 0.4) is 0 Å². The van der Waals surface area contributed by atoms with Crippen LogP contribution in [0.2, 0.25) is 0 Å². The molecule has 0 bridgehead atoms. The Morgan fingerprint density at radius 3 is 2.33 bits per heavy atom. The first-order valence-electron chi connectivity index (χ1n) is 6.11. The third-order valence-electron chi connectivity index (χ3n) is 3.99. The van der Waals surface area contributed by atoms with Crippen molar-refractivity contribution in [2.24, 2.45) is 17.3 Å². The summed E-state index contributed by atoms with van der Waals surface area (Å²) in [5.74, 6) is -1.69. The summed E-state index contributed by atoms with van der Waals surface area (Å²) in [7, 11) is 0. The molecule has 0 aromatic carbocycles. The van der Waals surface area contributed by atoms with E-state index in [9.17, 15) is 14.7 Å². The Kier molecular flexibility index (Phi) is 2.74. The van der Waals surface area contributed by atoms with Gasteiger partial charge in [0, 0.05) is 6.54 Å². The molecule has 0 aromatic heterocycles. The van der Waals surface area contributed by atoms with Gasteiger partial charge in [0.1, 0.15) is 0 Å². The second-order valence-corrected chi connectivity index (χ2v) is 5.91. The lowest BCUT2D eigenvalue weighted by Crippen LogP contribution is -2.47. The number of hydrogen-bond donors (Lipinski definition) is 1. The highest BCUT2D eigenvalue weighted by Crippen LogP contribution is 2.49. The minimum absolute atomic E-state index is 0.205. The topological polar surface area (TPSA) is 57.6 Å². The van der Waals surface area contributed by atoms with E-state index in [2.05, 4.69) is 6.58 Å². The van der Waals surface area contributed by atoms with E-state index < -0.39 is 22.9 Å². The Morgan fingerprint density at radius 1 is 1.28 bits per heavy atom. The van der Waals surface area contributed by atoms with Gasteiger partial charge in [-0.05, 0) is 12.3 Å². The Morgan fingerprint density at radius 2 is 1.83 bits per heavy atom. The minimum Gasteiger partial charge on any atom is -0.385 e. The molecule has 1 saturated heterocycles. The van der Waals surface area contributed by atoms with Crippen molar-refractivity contribution >= 4 is 11.8 Å². The van der Waals surface area contributed by atoms with Crippen molar-refractivity contribution in [1.82, 2.24) is 4.90 Å². The van der Waals surface area contributed by atoms with Crippen LogP contribution in [0.5, 0.6) is 0 Å². The van der Waals surface area contributed by atoms with E-state index in [4.69, 9.17) is 0 Å². The molecule has 1 aliphatic heterocycles. The van der Waals surface area contributed by atoms with Gasteiger partial charge in [0.25, 0.3) is 0 Å². The lowest BCUT2D eigenvalue weighted by molar-refractivity contribution is -0.140. The summed E-state index contributed by atoms with van der Waals surface area (Å²) in [5, 5.41) is 10.3. The summed E-state index contributed by atoms with van der Waals surface area (Å²) >= 11 is 0. The van der Waals surface area contributed by atoms with Crippen molar-refractivity contribution in [2.75, 3.05) is 6.54 Å². The van der Waals surface area contributed by atoms with E-state index in [0.717, 1.165) is 0 Å². The second kappa shape index (κ2) is 3.79. The molecule has 3 atom stereocenters.